The van der Waals surface area contributed by atoms with Crippen LogP contribution < -0.4 is 0 Å². The second kappa shape index (κ2) is 7.90. The Kier molecular flexibility index (Phi) is 4.96. The standard InChI is InChI=1S/C25H26N4/c1-19-16-28(17-22-8-2-6-20-10-4-12-26-24(20)22)14-15-29(19)18-23-9-3-7-21-11-5-13-27-25(21)23/h2-13,19H,14-18H2,1H3. The number of nitrogens with zero attached hydrogens (tertiary/aromatic N) is 4. The van der Waals surface area contributed by atoms with Crippen LogP contribution in [0.25, 0.3) is 21.8 Å². The van der Waals surface area contributed by atoms with E-state index in [9.17, 15) is 0 Å². The van der Waals surface area contributed by atoms with Crippen LogP contribution in [0.3, 0.4) is 0 Å². The van der Waals surface area contributed by atoms with Gasteiger partial charge in [0.2, 0.25) is 0 Å². The second-order valence-corrected chi connectivity index (χ2v) is 8.04. The highest BCUT2D eigenvalue weighted by atomic mass is 15.3. The molecule has 146 valence electrons. The number of benzene rings is 2. The van der Waals surface area contributed by atoms with Crippen molar-refractivity contribution >= 4 is 21.8 Å². The van der Waals surface area contributed by atoms with Gasteiger partial charge < -0.3 is 0 Å². The van der Waals surface area contributed by atoms with Crippen LogP contribution in [0.15, 0.2) is 73.1 Å². The first-order valence-electron chi connectivity index (χ1n) is 10.4. The molecule has 4 nitrogen and oxygen atoms in total. The number of aromatic nitrogens is 2. The fraction of sp³-hybridized carbons (Fsp3) is 0.280. The number of pyridine rings is 2. The van der Waals surface area contributed by atoms with Crippen LogP contribution in [0.2, 0.25) is 0 Å². The minimum absolute atomic E-state index is 0.505. The van der Waals surface area contributed by atoms with E-state index in [0.29, 0.717) is 6.04 Å². The fourth-order valence-corrected chi connectivity index (χ4v) is 4.50. The Bertz CT molecular complexity index is 1130. The fourth-order valence-electron chi connectivity index (χ4n) is 4.50. The highest BCUT2D eigenvalue weighted by molar-refractivity contribution is 5.82. The number of hydrogen-bond donors (Lipinski definition) is 0. The van der Waals surface area contributed by atoms with Gasteiger partial charge in [-0.15, -0.1) is 0 Å². The van der Waals surface area contributed by atoms with E-state index >= 15 is 0 Å². The van der Waals surface area contributed by atoms with Crippen LogP contribution >= 0.6 is 0 Å². The second-order valence-electron chi connectivity index (χ2n) is 8.04. The summed E-state index contributed by atoms with van der Waals surface area (Å²) >= 11 is 0. The molecule has 1 fully saturated rings. The van der Waals surface area contributed by atoms with Gasteiger partial charge in [0.05, 0.1) is 11.0 Å². The Morgan fingerprint density at radius 2 is 1.34 bits per heavy atom. The summed E-state index contributed by atoms with van der Waals surface area (Å²) < 4.78 is 0. The Labute approximate surface area is 171 Å². The average Bonchev–Trinajstić information content (AvgIpc) is 2.76. The Morgan fingerprint density at radius 1 is 0.759 bits per heavy atom. The first-order valence-corrected chi connectivity index (χ1v) is 10.4. The minimum Gasteiger partial charge on any atom is -0.296 e. The summed E-state index contributed by atoms with van der Waals surface area (Å²) in [5.41, 5.74) is 4.90. The van der Waals surface area contributed by atoms with Gasteiger partial charge in [0.25, 0.3) is 0 Å². The van der Waals surface area contributed by atoms with E-state index in [0.717, 1.165) is 43.8 Å². The van der Waals surface area contributed by atoms with Crippen LogP contribution in [0.4, 0.5) is 0 Å². The smallest absolute Gasteiger partial charge is 0.0746 e. The molecular formula is C25H26N4. The third-order valence-electron chi connectivity index (χ3n) is 6.05. The van der Waals surface area contributed by atoms with E-state index < -0.39 is 0 Å². The molecule has 3 heterocycles. The maximum Gasteiger partial charge on any atom is 0.0746 e. The van der Waals surface area contributed by atoms with E-state index in [2.05, 4.69) is 75.2 Å². The lowest BCUT2D eigenvalue weighted by atomic mass is 10.1. The number of para-hydroxylation sites is 2. The van der Waals surface area contributed by atoms with Crippen molar-refractivity contribution in [2.24, 2.45) is 0 Å². The van der Waals surface area contributed by atoms with E-state index in [1.165, 1.54) is 21.9 Å². The zero-order valence-corrected chi connectivity index (χ0v) is 16.8. The Hall–Kier alpha value is -2.82. The molecule has 4 aromatic rings. The molecule has 2 aromatic heterocycles. The number of hydrogen-bond acceptors (Lipinski definition) is 4. The van der Waals surface area contributed by atoms with Crippen molar-refractivity contribution in [3.05, 3.63) is 84.2 Å². The maximum absolute atomic E-state index is 4.63. The Balaban J connectivity index is 1.29. The zero-order chi connectivity index (χ0) is 19.6. The van der Waals surface area contributed by atoms with Crippen molar-refractivity contribution in [2.45, 2.75) is 26.1 Å². The zero-order valence-electron chi connectivity index (χ0n) is 16.8. The van der Waals surface area contributed by atoms with E-state index in [-0.39, 0.29) is 0 Å². The molecule has 0 aliphatic carbocycles. The summed E-state index contributed by atoms with van der Waals surface area (Å²) in [4.78, 5) is 14.4. The lowest BCUT2D eigenvalue weighted by molar-refractivity contribution is 0.0738. The third-order valence-corrected chi connectivity index (χ3v) is 6.05. The molecule has 0 bridgehead atoms. The summed E-state index contributed by atoms with van der Waals surface area (Å²) in [6.07, 6.45) is 3.79. The van der Waals surface area contributed by atoms with Gasteiger partial charge in [0.15, 0.2) is 0 Å². The van der Waals surface area contributed by atoms with Crippen LogP contribution in [-0.4, -0.2) is 45.4 Å². The van der Waals surface area contributed by atoms with Crippen LogP contribution in [0.1, 0.15) is 18.1 Å². The van der Waals surface area contributed by atoms with Gasteiger partial charge in [-0.25, -0.2) is 0 Å². The molecule has 1 saturated heterocycles. The molecule has 1 atom stereocenters. The number of piperazine rings is 1. The normalized spacial score (nSPS) is 18.4. The molecule has 0 amide bonds. The quantitative estimate of drug-likeness (QED) is 0.521. The summed E-state index contributed by atoms with van der Waals surface area (Å²) in [5, 5.41) is 2.44. The molecule has 29 heavy (non-hydrogen) atoms. The largest absolute Gasteiger partial charge is 0.296 e. The first kappa shape index (κ1) is 18.2. The summed E-state index contributed by atoms with van der Waals surface area (Å²) in [6.45, 7) is 7.48. The molecule has 0 radical (unpaired) electrons. The van der Waals surface area contributed by atoms with E-state index in [1.807, 2.05) is 24.5 Å². The predicted octanol–water partition coefficient (Wildman–Crippen LogP) is 4.49. The molecule has 5 rings (SSSR count). The third kappa shape index (κ3) is 3.74. The van der Waals surface area contributed by atoms with Gasteiger partial charge in [0.1, 0.15) is 0 Å². The Morgan fingerprint density at radius 3 is 1.97 bits per heavy atom. The summed E-state index contributed by atoms with van der Waals surface area (Å²) in [7, 11) is 0. The number of rotatable bonds is 4. The van der Waals surface area contributed by atoms with Crippen LogP contribution in [-0.2, 0) is 13.1 Å². The van der Waals surface area contributed by atoms with Crippen molar-refractivity contribution < 1.29 is 0 Å². The molecule has 4 heteroatoms. The van der Waals surface area contributed by atoms with Gasteiger partial charge in [0, 0.05) is 61.9 Å². The molecule has 2 aromatic carbocycles. The van der Waals surface area contributed by atoms with Crippen molar-refractivity contribution in [1.29, 1.82) is 0 Å². The maximum atomic E-state index is 4.63. The minimum atomic E-state index is 0.505. The summed E-state index contributed by atoms with van der Waals surface area (Å²) in [5.74, 6) is 0. The lowest BCUT2D eigenvalue weighted by Crippen LogP contribution is -2.50. The number of fused-ring (bicyclic) bond motifs is 2. The molecule has 1 aliphatic heterocycles. The first-order chi connectivity index (χ1) is 14.3. The topological polar surface area (TPSA) is 32.3 Å². The van der Waals surface area contributed by atoms with Gasteiger partial charge in [-0.2, -0.15) is 0 Å². The van der Waals surface area contributed by atoms with Crippen LogP contribution in [0.5, 0.6) is 0 Å². The highest BCUT2D eigenvalue weighted by Gasteiger charge is 2.24. The van der Waals surface area contributed by atoms with Crippen molar-refractivity contribution in [1.82, 2.24) is 19.8 Å². The van der Waals surface area contributed by atoms with Crippen molar-refractivity contribution in [2.75, 3.05) is 19.6 Å². The van der Waals surface area contributed by atoms with Crippen LogP contribution in [0, 0.1) is 0 Å². The molecular weight excluding hydrogens is 356 g/mol. The molecule has 0 spiro atoms. The van der Waals surface area contributed by atoms with E-state index in [1.54, 1.807) is 0 Å². The molecule has 1 unspecified atom stereocenters. The van der Waals surface area contributed by atoms with Crippen molar-refractivity contribution in [3.63, 3.8) is 0 Å². The van der Waals surface area contributed by atoms with Gasteiger partial charge in [-0.1, -0.05) is 48.5 Å². The van der Waals surface area contributed by atoms with E-state index in [4.69, 9.17) is 0 Å². The average molecular weight is 383 g/mol. The predicted molar refractivity (Wildman–Crippen MR) is 119 cm³/mol. The van der Waals surface area contributed by atoms with Crippen molar-refractivity contribution in [3.8, 4) is 0 Å². The lowest BCUT2D eigenvalue weighted by Gasteiger charge is -2.40. The molecule has 0 N–H and O–H groups in total. The molecule has 0 saturated carbocycles. The van der Waals surface area contributed by atoms with Gasteiger partial charge in [-0.3, -0.25) is 19.8 Å². The highest BCUT2D eigenvalue weighted by Crippen LogP contribution is 2.22. The van der Waals surface area contributed by atoms with Gasteiger partial charge >= 0.3 is 0 Å². The SMILES string of the molecule is CC1CN(Cc2cccc3cccnc23)CCN1Cc1cccc2cccnc12. The van der Waals surface area contributed by atoms with Gasteiger partial charge in [-0.05, 0) is 30.2 Å². The monoisotopic (exact) mass is 382 g/mol. The summed E-state index contributed by atoms with van der Waals surface area (Å²) in [6, 6.07) is 21.8. The molecule has 1 aliphatic rings.